The highest BCUT2D eigenvalue weighted by Crippen LogP contribution is 2.66. The van der Waals surface area contributed by atoms with Gasteiger partial charge < -0.3 is 20.1 Å². The Bertz CT molecular complexity index is 908. The lowest BCUT2D eigenvalue weighted by Gasteiger charge is -2.58. The van der Waals surface area contributed by atoms with Crippen LogP contribution in [-0.2, 0) is 14.3 Å². The zero-order chi connectivity index (χ0) is 26.3. The predicted molar refractivity (Wildman–Crippen MR) is 138 cm³/mol. The van der Waals surface area contributed by atoms with Crippen molar-refractivity contribution in [2.24, 2.45) is 34.5 Å². The van der Waals surface area contributed by atoms with Gasteiger partial charge in [0, 0.05) is 25.4 Å². The highest BCUT2D eigenvalue weighted by molar-refractivity contribution is 5.79. The Labute approximate surface area is 216 Å². The molecule has 2 amide bonds. The van der Waals surface area contributed by atoms with Crippen molar-refractivity contribution in [2.75, 3.05) is 13.1 Å². The van der Waals surface area contributed by atoms with Gasteiger partial charge in [-0.2, -0.15) is 0 Å². The second-order valence-electron chi connectivity index (χ2n) is 13.2. The van der Waals surface area contributed by atoms with Gasteiger partial charge in [0.2, 0.25) is 0 Å². The summed E-state index contributed by atoms with van der Waals surface area (Å²) in [7, 11) is 0. The molecule has 0 radical (unpaired) electrons. The third-order valence-corrected chi connectivity index (χ3v) is 9.89. The molecule has 0 aromatic carbocycles. The van der Waals surface area contributed by atoms with Gasteiger partial charge in [-0.05, 0) is 101 Å². The number of Topliss-reactive ketones (excluding diaryl/α,β-unsaturated/α-hetero) is 1. The zero-order valence-corrected chi connectivity index (χ0v) is 23.1. The summed E-state index contributed by atoms with van der Waals surface area (Å²) in [5, 5.41) is 5.37. The van der Waals surface area contributed by atoms with Gasteiger partial charge in [0.05, 0.1) is 0 Å². The van der Waals surface area contributed by atoms with E-state index < -0.39 is 17.8 Å². The van der Waals surface area contributed by atoms with Crippen LogP contribution in [-0.4, -0.2) is 42.8 Å². The van der Waals surface area contributed by atoms with Gasteiger partial charge in [-0.1, -0.05) is 25.5 Å². The minimum atomic E-state index is -0.550. The van der Waals surface area contributed by atoms with Gasteiger partial charge in [-0.15, -0.1) is 0 Å². The molecule has 36 heavy (non-hydrogen) atoms. The molecule has 4 rings (SSSR count). The van der Waals surface area contributed by atoms with E-state index >= 15 is 0 Å². The molecule has 0 bridgehead atoms. The Morgan fingerprint density at radius 2 is 1.67 bits per heavy atom. The minimum Gasteiger partial charge on any atom is -0.446 e. The Kier molecular flexibility index (Phi) is 7.51. The fourth-order valence-corrected chi connectivity index (χ4v) is 8.23. The normalized spacial score (nSPS) is 37.5. The molecule has 7 heteroatoms. The zero-order valence-electron chi connectivity index (χ0n) is 23.1. The SMILES string of the molecule is CC(=O)[C@H]1CC[C@H]2[C@@H]3CC=C4C[C@@H](OC(=O)NCCNC(=O)OC(C)(C)C)CC[C@]4(C)[C@H]3CC[C@]12C. The van der Waals surface area contributed by atoms with Crippen LogP contribution in [0.25, 0.3) is 0 Å². The summed E-state index contributed by atoms with van der Waals surface area (Å²) in [5.74, 6) is 2.60. The molecule has 3 fully saturated rings. The Balaban J connectivity index is 1.29. The van der Waals surface area contributed by atoms with E-state index in [-0.39, 0.29) is 35.9 Å². The molecule has 0 unspecified atom stereocenters. The first-order chi connectivity index (χ1) is 16.8. The lowest BCUT2D eigenvalue weighted by molar-refractivity contribution is -0.127. The Hall–Kier alpha value is -2.05. The van der Waals surface area contributed by atoms with Crippen LogP contribution in [0.1, 0.15) is 92.9 Å². The second-order valence-corrected chi connectivity index (χ2v) is 13.2. The van der Waals surface area contributed by atoms with E-state index in [2.05, 4.69) is 30.6 Å². The molecular weight excluding hydrogens is 456 g/mol. The van der Waals surface area contributed by atoms with Crippen LogP contribution >= 0.6 is 0 Å². The quantitative estimate of drug-likeness (QED) is 0.367. The summed E-state index contributed by atoms with van der Waals surface area (Å²) in [6, 6.07) is 0. The molecule has 2 N–H and O–H groups in total. The largest absolute Gasteiger partial charge is 0.446 e. The number of fused-ring (bicyclic) bond motifs is 5. The fourth-order valence-electron chi connectivity index (χ4n) is 8.23. The lowest BCUT2D eigenvalue weighted by Crippen LogP contribution is -2.51. The van der Waals surface area contributed by atoms with Crippen molar-refractivity contribution in [3.8, 4) is 0 Å². The van der Waals surface area contributed by atoms with Crippen LogP contribution in [0.15, 0.2) is 11.6 Å². The summed E-state index contributed by atoms with van der Waals surface area (Å²) in [6.07, 6.45) is 9.84. The number of alkyl carbamates (subject to hydrolysis) is 2. The summed E-state index contributed by atoms with van der Waals surface area (Å²) in [4.78, 5) is 36.4. The lowest BCUT2D eigenvalue weighted by atomic mass is 9.47. The third-order valence-electron chi connectivity index (χ3n) is 9.89. The third kappa shape index (κ3) is 5.31. The predicted octanol–water partition coefficient (Wildman–Crippen LogP) is 5.77. The van der Waals surface area contributed by atoms with Crippen molar-refractivity contribution < 1.29 is 23.9 Å². The summed E-state index contributed by atoms with van der Waals surface area (Å²) in [6.45, 7) is 12.6. The van der Waals surface area contributed by atoms with Gasteiger partial charge in [0.15, 0.2) is 0 Å². The van der Waals surface area contributed by atoms with E-state index in [0.717, 1.165) is 38.5 Å². The number of hydrogen-bond acceptors (Lipinski definition) is 5. The number of carbonyl (C=O) groups excluding carboxylic acids is 3. The van der Waals surface area contributed by atoms with Crippen molar-refractivity contribution >= 4 is 18.0 Å². The van der Waals surface area contributed by atoms with Gasteiger partial charge >= 0.3 is 12.2 Å². The molecular formula is C29H46N2O5. The van der Waals surface area contributed by atoms with E-state index in [9.17, 15) is 14.4 Å². The first-order valence-corrected chi connectivity index (χ1v) is 13.9. The van der Waals surface area contributed by atoms with E-state index in [1.165, 1.54) is 18.4 Å². The molecule has 4 aliphatic carbocycles. The molecule has 0 saturated heterocycles. The molecule has 0 spiro atoms. The first-order valence-electron chi connectivity index (χ1n) is 13.9. The van der Waals surface area contributed by atoms with Gasteiger partial charge in [-0.25, -0.2) is 9.59 Å². The number of nitrogens with one attached hydrogen (secondary N) is 2. The molecule has 7 atom stereocenters. The first kappa shape index (κ1) is 27.0. The van der Waals surface area contributed by atoms with E-state index in [0.29, 0.717) is 23.5 Å². The average Bonchev–Trinajstić information content (AvgIpc) is 3.13. The van der Waals surface area contributed by atoms with Gasteiger partial charge in [-0.3, -0.25) is 4.79 Å². The molecule has 0 aromatic rings. The number of hydrogen-bond donors (Lipinski definition) is 2. The standard InChI is InChI=1S/C29H46N2O5/c1-18(32)22-9-10-23-21-8-7-19-17-20(11-13-28(19,5)24(21)12-14-29(22,23)6)35-25(33)30-15-16-31-26(34)36-27(2,3)4/h7,20-24H,8-17H2,1-6H3,(H,30,33)(H,31,34)/t20-,21-,22+,23-,24-,28-,29+/m0/s1. The number of rotatable bonds is 5. The van der Waals surface area contributed by atoms with Crippen molar-refractivity contribution in [1.29, 1.82) is 0 Å². The Morgan fingerprint density at radius 1 is 0.972 bits per heavy atom. The maximum Gasteiger partial charge on any atom is 0.407 e. The summed E-state index contributed by atoms with van der Waals surface area (Å²) in [5.41, 5.74) is 1.26. The molecule has 0 heterocycles. The number of ketones is 1. The molecule has 3 saturated carbocycles. The van der Waals surface area contributed by atoms with Gasteiger partial charge in [0.25, 0.3) is 0 Å². The number of allylic oxidation sites excluding steroid dienone is 1. The van der Waals surface area contributed by atoms with E-state index in [4.69, 9.17) is 9.47 Å². The topological polar surface area (TPSA) is 93.7 Å². The number of ether oxygens (including phenoxy) is 2. The summed E-state index contributed by atoms with van der Waals surface area (Å²) >= 11 is 0. The fraction of sp³-hybridized carbons (Fsp3) is 0.828. The van der Waals surface area contributed by atoms with Crippen molar-refractivity contribution in [2.45, 2.75) is 105 Å². The highest BCUT2D eigenvalue weighted by Gasteiger charge is 2.59. The number of carbonyl (C=O) groups is 3. The monoisotopic (exact) mass is 502 g/mol. The molecule has 202 valence electrons. The molecule has 0 aromatic heterocycles. The van der Waals surface area contributed by atoms with Crippen molar-refractivity contribution in [3.05, 3.63) is 11.6 Å². The van der Waals surface area contributed by atoms with Gasteiger partial charge in [0.1, 0.15) is 17.5 Å². The number of amides is 2. The van der Waals surface area contributed by atoms with Crippen LogP contribution in [0.4, 0.5) is 9.59 Å². The average molecular weight is 503 g/mol. The Morgan fingerprint density at radius 3 is 2.33 bits per heavy atom. The van der Waals surface area contributed by atoms with E-state index in [1.54, 1.807) is 6.92 Å². The molecule has 0 aliphatic heterocycles. The summed E-state index contributed by atoms with van der Waals surface area (Å²) < 4.78 is 11.0. The second kappa shape index (κ2) is 10.0. The smallest absolute Gasteiger partial charge is 0.407 e. The maximum absolute atomic E-state index is 12.4. The van der Waals surface area contributed by atoms with Crippen molar-refractivity contribution in [1.82, 2.24) is 10.6 Å². The maximum atomic E-state index is 12.4. The molecule has 4 aliphatic rings. The van der Waals surface area contributed by atoms with E-state index in [1.807, 2.05) is 20.8 Å². The minimum absolute atomic E-state index is 0.109. The van der Waals surface area contributed by atoms with Crippen LogP contribution in [0.3, 0.4) is 0 Å². The van der Waals surface area contributed by atoms with Crippen molar-refractivity contribution in [3.63, 3.8) is 0 Å². The van der Waals surface area contributed by atoms with Crippen LogP contribution in [0.2, 0.25) is 0 Å². The van der Waals surface area contributed by atoms with Crippen LogP contribution in [0.5, 0.6) is 0 Å². The van der Waals surface area contributed by atoms with Crippen LogP contribution in [0, 0.1) is 34.5 Å². The molecule has 7 nitrogen and oxygen atoms in total. The van der Waals surface area contributed by atoms with Crippen LogP contribution < -0.4 is 10.6 Å². The highest BCUT2D eigenvalue weighted by atomic mass is 16.6.